The molecule has 2 aromatic heterocycles. The van der Waals surface area contributed by atoms with Crippen LogP contribution >= 0.6 is 0 Å². The molecule has 0 radical (unpaired) electrons. The Hall–Kier alpha value is -4.16. The molecule has 2 aromatic carbocycles. The van der Waals surface area contributed by atoms with Crippen molar-refractivity contribution in [3.8, 4) is 0 Å². The van der Waals surface area contributed by atoms with Crippen molar-refractivity contribution in [2.45, 2.75) is 31.7 Å². The zero-order valence-electron chi connectivity index (χ0n) is 22.8. The summed E-state index contributed by atoms with van der Waals surface area (Å²) in [5, 5.41) is 16.5. The van der Waals surface area contributed by atoms with Crippen molar-refractivity contribution >= 4 is 40.0 Å². The molecule has 2 fully saturated rings. The maximum absolute atomic E-state index is 14.6. The van der Waals surface area contributed by atoms with Gasteiger partial charge in [0, 0.05) is 43.3 Å². The maximum Gasteiger partial charge on any atom is 0.231 e. The van der Waals surface area contributed by atoms with Crippen LogP contribution in [0.15, 0.2) is 42.6 Å². The van der Waals surface area contributed by atoms with Crippen LogP contribution < -0.4 is 15.5 Å². The summed E-state index contributed by atoms with van der Waals surface area (Å²) in [4.78, 5) is 27.8. The fraction of sp³-hybridized carbons (Fsp3) is 0.367. The number of aromatic amines is 1. The fourth-order valence-electron chi connectivity index (χ4n) is 5.61. The number of fused-ring (bicyclic) bond motifs is 1. The highest BCUT2D eigenvalue weighted by atomic mass is 19.2. The van der Waals surface area contributed by atoms with Gasteiger partial charge in [-0.1, -0.05) is 0 Å². The molecule has 1 saturated carbocycles. The monoisotopic (exact) mass is 580 g/mol. The molecule has 2 aliphatic rings. The number of carbonyl (C=O) groups excluding carboxylic acids is 1. The Balaban J connectivity index is 1.33. The molecule has 0 bridgehead atoms. The van der Waals surface area contributed by atoms with Crippen LogP contribution in [0.1, 0.15) is 41.6 Å². The first-order valence-corrected chi connectivity index (χ1v) is 14.1. The highest BCUT2D eigenvalue weighted by Crippen LogP contribution is 2.33. The normalized spacial score (nSPS) is 19.2. The number of nitrogens with zero attached hydrogens (tertiary/aromatic N) is 3. The molecule has 9 nitrogen and oxygen atoms in total. The molecule has 0 unspecified atom stereocenters. The van der Waals surface area contributed by atoms with Crippen molar-refractivity contribution in [1.82, 2.24) is 15.0 Å². The smallest absolute Gasteiger partial charge is 0.231 e. The Morgan fingerprint density at radius 2 is 1.71 bits per heavy atom. The molecule has 0 spiro atoms. The molecule has 42 heavy (non-hydrogen) atoms. The molecule has 4 N–H and O–H groups in total. The van der Waals surface area contributed by atoms with Crippen molar-refractivity contribution in [1.29, 1.82) is 0 Å². The number of benzene rings is 2. The number of aliphatic hydroxyl groups is 1. The van der Waals surface area contributed by atoms with Gasteiger partial charge in [0.1, 0.15) is 11.5 Å². The van der Waals surface area contributed by atoms with Crippen molar-refractivity contribution in [3.63, 3.8) is 0 Å². The first-order valence-electron chi connectivity index (χ1n) is 14.1. The summed E-state index contributed by atoms with van der Waals surface area (Å²) < 4.78 is 47.5. The number of ketones is 1. The molecular formula is C30H31F3N6O3. The third-order valence-corrected chi connectivity index (χ3v) is 8.00. The van der Waals surface area contributed by atoms with Crippen molar-refractivity contribution in [2.75, 3.05) is 48.4 Å². The van der Waals surface area contributed by atoms with E-state index in [0.717, 1.165) is 62.3 Å². The van der Waals surface area contributed by atoms with Crippen LogP contribution in [0.3, 0.4) is 0 Å². The van der Waals surface area contributed by atoms with E-state index < -0.39 is 28.8 Å². The molecule has 12 heteroatoms. The standard InChI is InChI=1S/C30H31F3N6O3/c31-23-10-9-21(25(32)26(23)33)27(41)22-15-34-28-24(22)29(35-18-3-1-17(16-40)2-4-18)38-30(37-28)36-19-5-7-20(8-6-19)39-11-13-42-14-12-39/h5-10,15,17-18,40H,1-4,11-14,16H2,(H3,34,35,36,37,38). The van der Waals surface area contributed by atoms with Crippen LogP contribution in [0.5, 0.6) is 0 Å². The first-order chi connectivity index (χ1) is 20.4. The van der Waals surface area contributed by atoms with Crippen LogP contribution in [0.4, 0.5) is 36.3 Å². The second-order valence-electron chi connectivity index (χ2n) is 10.7. The number of nitrogens with one attached hydrogen (secondary N) is 3. The number of hydrogen-bond donors (Lipinski definition) is 4. The third-order valence-electron chi connectivity index (χ3n) is 8.00. The van der Waals surface area contributed by atoms with Gasteiger partial charge in [-0.2, -0.15) is 9.97 Å². The predicted molar refractivity (Wildman–Crippen MR) is 153 cm³/mol. The third kappa shape index (κ3) is 5.64. The number of ether oxygens (including phenoxy) is 1. The van der Waals surface area contributed by atoms with Crippen LogP contribution in [0, 0.1) is 23.4 Å². The quantitative estimate of drug-likeness (QED) is 0.167. The zero-order valence-corrected chi connectivity index (χ0v) is 22.8. The number of carbonyl (C=O) groups is 1. The molecule has 0 atom stereocenters. The Kier molecular flexibility index (Phi) is 7.98. The predicted octanol–water partition coefficient (Wildman–Crippen LogP) is 5.15. The fourth-order valence-corrected chi connectivity index (χ4v) is 5.61. The lowest BCUT2D eigenvalue weighted by Crippen LogP contribution is -2.36. The molecule has 1 saturated heterocycles. The van der Waals surface area contributed by atoms with E-state index >= 15 is 0 Å². The van der Waals surface area contributed by atoms with Gasteiger partial charge in [0.15, 0.2) is 23.2 Å². The van der Waals surface area contributed by atoms with Crippen molar-refractivity contribution in [3.05, 3.63) is 71.2 Å². The van der Waals surface area contributed by atoms with E-state index in [-0.39, 0.29) is 30.1 Å². The summed E-state index contributed by atoms with van der Waals surface area (Å²) in [5.74, 6) is -4.59. The lowest BCUT2D eigenvalue weighted by atomic mass is 9.86. The van der Waals surface area contributed by atoms with Gasteiger partial charge in [0.2, 0.25) is 5.95 Å². The van der Waals surface area contributed by atoms with Gasteiger partial charge in [0.05, 0.1) is 29.7 Å². The number of rotatable bonds is 8. The first kappa shape index (κ1) is 28.0. The minimum atomic E-state index is -1.71. The summed E-state index contributed by atoms with van der Waals surface area (Å²) in [5.41, 5.74) is 1.59. The van der Waals surface area contributed by atoms with E-state index in [0.29, 0.717) is 30.1 Å². The van der Waals surface area contributed by atoms with Gasteiger partial charge < -0.3 is 30.4 Å². The largest absolute Gasteiger partial charge is 0.396 e. The van der Waals surface area contributed by atoms with Crippen LogP contribution in [0.25, 0.3) is 11.0 Å². The zero-order chi connectivity index (χ0) is 29.2. The minimum Gasteiger partial charge on any atom is -0.396 e. The number of morpholine rings is 1. The second-order valence-corrected chi connectivity index (χ2v) is 10.7. The van der Waals surface area contributed by atoms with E-state index in [1.165, 1.54) is 6.20 Å². The minimum absolute atomic E-state index is 0.0180. The highest BCUT2D eigenvalue weighted by molar-refractivity contribution is 6.18. The Bertz CT molecular complexity index is 1580. The average Bonchev–Trinajstić information content (AvgIpc) is 3.45. The molecular weight excluding hydrogens is 549 g/mol. The number of halogens is 3. The lowest BCUT2D eigenvalue weighted by molar-refractivity contribution is 0.103. The van der Waals surface area contributed by atoms with E-state index in [1.807, 2.05) is 24.3 Å². The Labute approximate surface area is 240 Å². The SMILES string of the molecule is O=C(c1ccc(F)c(F)c1F)c1c[nH]c2nc(Nc3ccc(N4CCOCC4)cc3)nc(NC3CCC(CO)CC3)c12. The van der Waals surface area contributed by atoms with Gasteiger partial charge in [-0.3, -0.25) is 4.79 Å². The highest BCUT2D eigenvalue weighted by Gasteiger charge is 2.27. The Morgan fingerprint density at radius 1 is 0.976 bits per heavy atom. The Morgan fingerprint density at radius 3 is 2.43 bits per heavy atom. The van der Waals surface area contributed by atoms with E-state index in [4.69, 9.17) is 9.72 Å². The van der Waals surface area contributed by atoms with Gasteiger partial charge in [-0.05, 0) is 68.0 Å². The summed E-state index contributed by atoms with van der Waals surface area (Å²) in [6, 6.07) is 9.54. The molecule has 3 heterocycles. The van der Waals surface area contributed by atoms with Crippen LogP contribution in [-0.2, 0) is 4.74 Å². The number of H-pyrrole nitrogens is 1. The van der Waals surface area contributed by atoms with Gasteiger partial charge in [0.25, 0.3) is 0 Å². The maximum atomic E-state index is 14.6. The van der Waals surface area contributed by atoms with Gasteiger partial charge >= 0.3 is 0 Å². The topological polar surface area (TPSA) is 115 Å². The summed E-state index contributed by atoms with van der Waals surface area (Å²) in [6.07, 6.45) is 4.61. The summed E-state index contributed by atoms with van der Waals surface area (Å²) >= 11 is 0. The van der Waals surface area contributed by atoms with Gasteiger partial charge in [-0.25, -0.2) is 13.2 Å². The molecule has 0 amide bonds. The van der Waals surface area contributed by atoms with Crippen molar-refractivity contribution in [2.24, 2.45) is 5.92 Å². The number of aromatic nitrogens is 3. The molecule has 6 rings (SSSR count). The van der Waals surface area contributed by atoms with Gasteiger partial charge in [-0.15, -0.1) is 0 Å². The van der Waals surface area contributed by atoms with Crippen molar-refractivity contribution < 1.29 is 27.8 Å². The lowest BCUT2D eigenvalue weighted by Gasteiger charge is -2.29. The number of aliphatic hydroxyl groups excluding tert-OH is 1. The molecule has 220 valence electrons. The average molecular weight is 581 g/mol. The van der Waals surface area contributed by atoms with Crippen LogP contribution in [0.2, 0.25) is 0 Å². The van der Waals surface area contributed by atoms with E-state index in [9.17, 15) is 23.1 Å². The number of hydrogen-bond acceptors (Lipinski definition) is 8. The van der Waals surface area contributed by atoms with E-state index in [2.05, 4.69) is 25.5 Å². The molecule has 1 aliphatic carbocycles. The van der Waals surface area contributed by atoms with Crippen LogP contribution in [-0.4, -0.2) is 64.8 Å². The molecule has 1 aliphatic heterocycles. The summed E-state index contributed by atoms with van der Waals surface area (Å²) in [7, 11) is 0. The summed E-state index contributed by atoms with van der Waals surface area (Å²) in [6.45, 7) is 3.16. The van der Waals surface area contributed by atoms with E-state index in [1.54, 1.807) is 0 Å². The number of anilines is 4. The molecule has 4 aromatic rings. The second kappa shape index (κ2) is 12.0.